The molecular weight excluding hydrogens is 171 g/mol. The van der Waals surface area contributed by atoms with Gasteiger partial charge >= 0.3 is 51.4 Å². The van der Waals surface area contributed by atoms with Crippen LogP contribution in [0.15, 0.2) is 35.2 Å². The van der Waals surface area contributed by atoms with Gasteiger partial charge < -0.3 is 0 Å². The van der Waals surface area contributed by atoms with E-state index in [-0.39, 0.29) is 51.4 Å². The van der Waals surface area contributed by atoms with E-state index in [0.717, 1.165) is 4.90 Å². The zero-order valence-electron chi connectivity index (χ0n) is 5.91. The van der Waals surface area contributed by atoms with Crippen molar-refractivity contribution in [1.29, 1.82) is 0 Å². The molecule has 0 saturated carbocycles. The van der Waals surface area contributed by atoms with Gasteiger partial charge in [-0.05, 0) is 12.1 Å². The Morgan fingerprint density at radius 1 is 1.20 bits per heavy atom. The van der Waals surface area contributed by atoms with E-state index >= 15 is 0 Å². The zero-order chi connectivity index (χ0) is 6.69. The van der Waals surface area contributed by atoms with Crippen LogP contribution in [-0.2, 0) is 10.8 Å². The van der Waals surface area contributed by atoms with Gasteiger partial charge in [0.05, 0.1) is 0 Å². The predicted molar refractivity (Wildman–Crippen MR) is 38.2 cm³/mol. The molecule has 1 aromatic carbocycles. The topological polar surface area (TPSA) is 17.1 Å². The minimum atomic E-state index is -1.08. The van der Waals surface area contributed by atoms with E-state index < -0.39 is 10.8 Å². The molecule has 48 valence electrons. The second kappa shape index (κ2) is 5.63. The molecule has 0 amide bonds. The van der Waals surface area contributed by atoms with Crippen LogP contribution in [0, 0.1) is 6.26 Å². The molecule has 1 atom stereocenters. The maximum Gasteiger partial charge on any atom is 1.00 e. The SMILES string of the molecule is [CH2-]S(=O)c1ccccc1.[K+]. The van der Waals surface area contributed by atoms with Gasteiger partial charge in [-0.1, -0.05) is 18.2 Å². The fraction of sp³-hybridized carbons (Fsp3) is 0. The van der Waals surface area contributed by atoms with Crippen LogP contribution in [0.25, 0.3) is 0 Å². The standard InChI is InChI=1S/C7H7OS.K/c1-9(8)7-5-3-2-4-6-7;/h2-6H,1H2;/q-1;+1. The molecule has 1 rings (SSSR count). The molecular formula is C7H7KOS. The quantitative estimate of drug-likeness (QED) is 0.381. The van der Waals surface area contributed by atoms with Crippen LogP contribution in [0.2, 0.25) is 0 Å². The van der Waals surface area contributed by atoms with E-state index in [1.165, 1.54) is 0 Å². The first-order chi connectivity index (χ1) is 4.30. The smallest absolute Gasteiger partial charge is 0.290 e. The van der Waals surface area contributed by atoms with Crippen LogP contribution in [0.1, 0.15) is 0 Å². The van der Waals surface area contributed by atoms with Gasteiger partial charge in [-0.15, -0.1) is 10.8 Å². The summed E-state index contributed by atoms with van der Waals surface area (Å²) in [5, 5.41) is 0. The molecule has 1 unspecified atom stereocenters. The molecule has 0 aliphatic carbocycles. The summed E-state index contributed by atoms with van der Waals surface area (Å²) in [6, 6.07) is 9.17. The van der Waals surface area contributed by atoms with Crippen molar-refractivity contribution in [2.24, 2.45) is 0 Å². The third kappa shape index (κ3) is 3.41. The Bertz CT molecular complexity index is 210. The molecule has 3 heteroatoms. The summed E-state index contributed by atoms with van der Waals surface area (Å²) in [6.07, 6.45) is 3.38. The Balaban J connectivity index is 0.000000810. The monoisotopic (exact) mass is 178 g/mol. The van der Waals surface area contributed by atoms with Gasteiger partial charge in [0.25, 0.3) is 0 Å². The summed E-state index contributed by atoms with van der Waals surface area (Å²) in [5.74, 6) is 0. The average molecular weight is 178 g/mol. The molecule has 0 heterocycles. The zero-order valence-corrected chi connectivity index (χ0v) is 9.85. The summed E-state index contributed by atoms with van der Waals surface area (Å²) >= 11 is 0. The third-order valence-electron chi connectivity index (χ3n) is 1.01. The summed E-state index contributed by atoms with van der Waals surface area (Å²) in [6.45, 7) is 0. The predicted octanol–water partition coefficient (Wildman–Crippen LogP) is -1.41. The van der Waals surface area contributed by atoms with E-state index in [4.69, 9.17) is 0 Å². The van der Waals surface area contributed by atoms with E-state index in [9.17, 15) is 4.21 Å². The maximum absolute atomic E-state index is 10.6. The summed E-state index contributed by atoms with van der Waals surface area (Å²) in [7, 11) is -1.08. The van der Waals surface area contributed by atoms with Gasteiger partial charge in [0.2, 0.25) is 0 Å². The van der Waals surface area contributed by atoms with Crippen LogP contribution < -0.4 is 51.4 Å². The number of rotatable bonds is 1. The molecule has 0 aliphatic rings. The molecule has 0 fully saturated rings. The molecule has 0 N–H and O–H groups in total. The molecule has 0 bridgehead atoms. The second-order valence-electron chi connectivity index (χ2n) is 1.66. The van der Waals surface area contributed by atoms with Crippen LogP contribution >= 0.6 is 0 Å². The molecule has 1 aromatic rings. The molecule has 0 aromatic heterocycles. The third-order valence-corrected chi connectivity index (χ3v) is 1.80. The van der Waals surface area contributed by atoms with Crippen molar-refractivity contribution in [3.8, 4) is 0 Å². The molecule has 0 aliphatic heterocycles. The number of hydrogen-bond acceptors (Lipinski definition) is 1. The van der Waals surface area contributed by atoms with Gasteiger partial charge in [0.15, 0.2) is 0 Å². The average Bonchev–Trinajstić information content (AvgIpc) is 1.90. The van der Waals surface area contributed by atoms with E-state index in [2.05, 4.69) is 6.26 Å². The van der Waals surface area contributed by atoms with E-state index in [0.29, 0.717) is 0 Å². The first-order valence-electron chi connectivity index (χ1n) is 2.57. The summed E-state index contributed by atoms with van der Waals surface area (Å²) < 4.78 is 10.6. The number of hydrogen-bond donors (Lipinski definition) is 0. The van der Waals surface area contributed by atoms with Gasteiger partial charge in [0.1, 0.15) is 0 Å². The first-order valence-corrected chi connectivity index (χ1v) is 3.89. The Morgan fingerprint density at radius 2 is 1.70 bits per heavy atom. The maximum atomic E-state index is 10.6. The van der Waals surface area contributed by atoms with Gasteiger partial charge in [-0.25, -0.2) is 6.26 Å². The first kappa shape index (κ1) is 11.0. The Morgan fingerprint density at radius 3 is 2.00 bits per heavy atom. The van der Waals surface area contributed by atoms with Crippen molar-refractivity contribution in [3.05, 3.63) is 36.6 Å². The van der Waals surface area contributed by atoms with Crippen LogP contribution in [-0.4, -0.2) is 4.21 Å². The van der Waals surface area contributed by atoms with Crippen molar-refractivity contribution in [1.82, 2.24) is 0 Å². The van der Waals surface area contributed by atoms with Crippen molar-refractivity contribution < 1.29 is 55.6 Å². The summed E-state index contributed by atoms with van der Waals surface area (Å²) in [4.78, 5) is 0.775. The largest absolute Gasteiger partial charge is 1.00 e. The summed E-state index contributed by atoms with van der Waals surface area (Å²) in [5.41, 5.74) is 0. The second-order valence-corrected chi connectivity index (χ2v) is 2.82. The van der Waals surface area contributed by atoms with Gasteiger partial charge in [-0.3, -0.25) is 4.21 Å². The van der Waals surface area contributed by atoms with Crippen molar-refractivity contribution >= 4 is 10.8 Å². The van der Waals surface area contributed by atoms with E-state index in [1.807, 2.05) is 18.2 Å². The van der Waals surface area contributed by atoms with Crippen molar-refractivity contribution in [2.75, 3.05) is 0 Å². The van der Waals surface area contributed by atoms with Crippen LogP contribution in [0.4, 0.5) is 0 Å². The van der Waals surface area contributed by atoms with Crippen LogP contribution in [0.3, 0.4) is 0 Å². The molecule has 0 radical (unpaired) electrons. The molecule has 0 saturated heterocycles. The van der Waals surface area contributed by atoms with Crippen molar-refractivity contribution in [2.45, 2.75) is 4.90 Å². The van der Waals surface area contributed by atoms with Crippen molar-refractivity contribution in [3.63, 3.8) is 0 Å². The minimum Gasteiger partial charge on any atom is -0.290 e. The fourth-order valence-electron chi connectivity index (χ4n) is 0.572. The number of benzene rings is 1. The molecule has 10 heavy (non-hydrogen) atoms. The van der Waals surface area contributed by atoms with Gasteiger partial charge in [0, 0.05) is 4.90 Å². The Labute approximate surface area is 106 Å². The van der Waals surface area contributed by atoms with Gasteiger partial charge in [-0.2, -0.15) is 0 Å². The Hall–Kier alpha value is 1.01. The normalized spacial score (nSPS) is 11.7. The van der Waals surface area contributed by atoms with Crippen LogP contribution in [0.5, 0.6) is 0 Å². The Kier molecular flexibility index (Phi) is 6.20. The molecule has 1 nitrogen and oxygen atoms in total. The molecule has 0 spiro atoms. The van der Waals surface area contributed by atoms with E-state index in [1.54, 1.807) is 12.1 Å². The fourth-order valence-corrected chi connectivity index (χ4v) is 1.03. The minimum absolute atomic E-state index is 0.